The number of benzene rings is 2. The van der Waals surface area contributed by atoms with Gasteiger partial charge in [-0.05, 0) is 47.0 Å². The first kappa shape index (κ1) is 15.0. The summed E-state index contributed by atoms with van der Waals surface area (Å²) in [4.78, 5) is 0. The van der Waals surface area contributed by atoms with E-state index >= 15 is 0 Å². The molecule has 2 aromatic carbocycles. The van der Waals surface area contributed by atoms with Crippen LogP contribution in [0, 0.1) is 5.82 Å². The summed E-state index contributed by atoms with van der Waals surface area (Å²) in [6, 6.07) is 12.8. The van der Waals surface area contributed by atoms with Gasteiger partial charge in [0.05, 0.1) is 4.47 Å². The highest BCUT2D eigenvalue weighted by molar-refractivity contribution is 9.10. The molecule has 2 nitrogen and oxygen atoms in total. The highest BCUT2D eigenvalue weighted by Gasteiger charge is 2.08. The Kier molecular flexibility index (Phi) is 5.15. The molecule has 2 aromatic rings. The van der Waals surface area contributed by atoms with Gasteiger partial charge < -0.3 is 10.5 Å². The average Bonchev–Trinajstić information content (AvgIpc) is 2.41. The molecule has 0 spiro atoms. The fourth-order valence-electron chi connectivity index (χ4n) is 1.98. The van der Waals surface area contributed by atoms with E-state index in [1.165, 1.54) is 6.07 Å². The Hall–Kier alpha value is -1.39. The molecule has 2 N–H and O–H groups in total. The van der Waals surface area contributed by atoms with Crippen molar-refractivity contribution in [1.82, 2.24) is 0 Å². The molecule has 0 heterocycles. The Morgan fingerprint density at radius 2 is 1.85 bits per heavy atom. The summed E-state index contributed by atoms with van der Waals surface area (Å²) in [7, 11) is 0. The van der Waals surface area contributed by atoms with Crippen LogP contribution >= 0.6 is 15.9 Å². The van der Waals surface area contributed by atoms with E-state index in [1.807, 2.05) is 37.3 Å². The number of hydrogen-bond donors (Lipinski definition) is 1. The van der Waals surface area contributed by atoms with Crippen LogP contribution in [0.2, 0.25) is 0 Å². The molecule has 0 fully saturated rings. The Morgan fingerprint density at radius 3 is 2.60 bits per heavy atom. The van der Waals surface area contributed by atoms with Crippen molar-refractivity contribution in [2.75, 3.05) is 0 Å². The summed E-state index contributed by atoms with van der Waals surface area (Å²) in [5.74, 6) is 0.510. The number of para-hydroxylation sites is 1. The molecule has 20 heavy (non-hydrogen) atoms. The Bertz CT molecular complexity index is 586. The highest BCUT2D eigenvalue weighted by Crippen LogP contribution is 2.24. The minimum absolute atomic E-state index is 0.0701. The summed E-state index contributed by atoms with van der Waals surface area (Å²) in [6.07, 6.45) is 0.750. The minimum atomic E-state index is -0.282. The lowest BCUT2D eigenvalue weighted by molar-refractivity contribution is 0.301. The van der Waals surface area contributed by atoms with Crippen LogP contribution in [-0.4, -0.2) is 6.04 Å². The third-order valence-corrected chi connectivity index (χ3v) is 3.82. The maximum absolute atomic E-state index is 13.4. The first-order valence-corrected chi connectivity index (χ1v) is 7.26. The predicted molar refractivity (Wildman–Crippen MR) is 82.2 cm³/mol. The topological polar surface area (TPSA) is 35.2 Å². The molecule has 106 valence electrons. The van der Waals surface area contributed by atoms with Gasteiger partial charge in [-0.15, -0.1) is 0 Å². The fourth-order valence-corrected chi connectivity index (χ4v) is 2.35. The van der Waals surface area contributed by atoms with Gasteiger partial charge in [-0.3, -0.25) is 0 Å². The SMILES string of the molecule is CC(N)Cc1ccccc1OCc1cccc(F)c1Br. The molecule has 1 unspecified atom stereocenters. The molecule has 0 saturated carbocycles. The van der Waals surface area contributed by atoms with Crippen LogP contribution in [0.4, 0.5) is 4.39 Å². The lowest BCUT2D eigenvalue weighted by Crippen LogP contribution is -2.18. The van der Waals surface area contributed by atoms with Gasteiger partial charge in [0.25, 0.3) is 0 Å². The van der Waals surface area contributed by atoms with Crippen LogP contribution in [-0.2, 0) is 13.0 Å². The highest BCUT2D eigenvalue weighted by atomic mass is 79.9. The van der Waals surface area contributed by atoms with E-state index in [-0.39, 0.29) is 11.9 Å². The zero-order valence-corrected chi connectivity index (χ0v) is 12.9. The van der Waals surface area contributed by atoms with Crippen LogP contribution in [0.25, 0.3) is 0 Å². The predicted octanol–water partition coefficient (Wildman–Crippen LogP) is 4.06. The molecular formula is C16H17BrFNO. The monoisotopic (exact) mass is 337 g/mol. The third-order valence-electron chi connectivity index (χ3n) is 2.93. The molecular weight excluding hydrogens is 321 g/mol. The summed E-state index contributed by atoms with van der Waals surface area (Å²) in [5.41, 5.74) is 7.68. The van der Waals surface area contributed by atoms with Crippen molar-refractivity contribution in [3.05, 3.63) is 63.9 Å². The number of halogens is 2. The first-order chi connectivity index (χ1) is 9.58. The lowest BCUT2D eigenvalue weighted by atomic mass is 10.1. The molecule has 0 bridgehead atoms. The standard InChI is InChI=1S/C16H17BrFNO/c1-11(19)9-12-5-2-3-8-15(12)20-10-13-6-4-7-14(18)16(13)17/h2-8,11H,9-10,19H2,1H3. The van der Waals surface area contributed by atoms with Crippen molar-refractivity contribution in [2.45, 2.75) is 26.0 Å². The normalized spacial score (nSPS) is 12.2. The molecule has 0 aliphatic rings. The van der Waals surface area contributed by atoms with E-state index in [0.717, 1.165) is 23.3 Å². The van der Waals surface area contributed by atoms with E-state index in [1.54, 1.807) is 6.07 Å². The van der Waals surface area contributed by atoms with Crippen LogP contribution < -0.4 is 10.5 Å². The smallest absolute Gasteiger partial charge is 0.137 e. The van der Waals surface area contributed by atoms with Crippen molar-refractivity contribution in [1.29, 1.82) is 0 Å². The number of rotatable bonds is 5. The summed E-state index contributed by atoms with van der Waals surface area (Å²) in [6.45, 7) is 2.27. The second kappa shape index (κ2) is 6.86. The van der Waals surface area contributed by atoms with Gasteiger partial charge in [-0.2, -0.15) is 0 Å². The molecule has 2 rings (SSSR count). The van der Waals surface area contributed by atoms with Crippen LogP contribution in [0.5, 0.6) is 5.75 Å². The van der Waals surface area contributed by atoms with Gasteiger partial charge in [0.15, 0.2) is 0 Å². The van der Waals surface area contributed by atoms with Crippen LogP contribution in [0.15, 0.2) is 46.9 Å². The maximum atomic E-state index is 13.4. The largest absolute Gasteiger partial charge is 0.489 e. The van der Waals surface area contributed by atoms with Crippen molar-refractivity contribution in [2.24, 2.45) is 5.73 Å². The number of hydrogen-bond acceptors (Lipinski definition) is 2. The van der Waals surface area contributed by atoms with E-state index in [0.29, 0.717) is 11.1 Å². The van der Waals surface area contributed by atoms with Gasteiger partial charge in [0.2, 0.25) is 0 Å². The average molecular weight is 338 g/mol. The van der Waals surface area contributed by atoms with Gasteiger partial charge in [0, 0.05) is 11.6 Å². The van der Waals surface area contributed by atoms with Gasteiger partial charge in [0.1, 0.15) is 18.2 Å². The van der Waals surface area contributed by atoms with Crippen molar-refractivity contribution < 1.29 is 9.13 Å². The third kappa shape index (κ3) is 3.81. The van der Waals surface area contributed by atoms with E-state index in [4.69, 9.17) is 10.5 Å². The van der Waals surface area contributed by atoms with E-state index in [2.05, 4.69) is 15.9 Å². The zero-order chi connectivity index (χ0) is 14.5. The first-order valence-electron chi connectivity index (χ1n) is 6.47. The summed E-state index contributed by atoms with van der Waals surface area (Å²) in [5, 5.41) is 0. The van der Waals surface area contributed by atoms with E-state index < -0.39 is 0 Å². The van der Waals surface area contributed by atoms with Crippen LogP contribution in [0.3, 0.4) is 0 Å². The Morgan fingerprint density at radius 1 is 1.15 bits per heavy atom. The van der Waals surface area contributed by atoms with Crippen LogP contribution in [0.1, 0.15) is 18.1 Å². The van der Waals surface area contributed by atoms with Gasteiger partial charge in [-0.1, -0.05) is 30.3 Å². The summed E-state index contributed by atoms with van der Waals surface area (Å²) < 4.78 is 19.7. The van der Waals surface area contributed by atoms with Gasteiger partial charge in [-0.25, -0.2) is 4.39 Å². The number of nitrogens with two attached hydrogens (primary N) is 1. The molecule has 1 atom stereocenters. The Labute approximate surface area is 126 Å². The molecule has 0 radical (unpaired) electrons. The zero-order valence-electron chi connectivity index (χ0n) is 11.3. The second-order valence-electron chi connectivity index (χ2n) is 4.79. The van der Waals surface area contributed by atoms with Crippen molar-refractivity contribution in [3.63, 3.8) is 0 Å². The second-order valence-corrected chi connectivity index (χ2v) is 5.58. The minimum Gasteiger partial charge on any atom is -0.489 e. The molecule has 0 aliphatic heterocycles. The molecule has 4 heteroatoms. The Balaban J connectivity index is 2.13. The van der Waals surface area contributed by atoms with Crippen molar-refractivity contribution >= 4 is 15.9 Å². The quantitative estimate of drug-likeness (QED) is 0.892. The molecule has 0 aliphatic carbocycles. The molecule has 0 saturated heterocycles. The van der Waals surface area contributed by atoms with Crippen molar-refractivity contribution in [3.8, 4) is 5.75 Å². The van der Waals surface area contributed by atoms with Gasteiger partial charge >= 0.3 is 0 Å². The molecule has 0 aromatic heterocycles. The maximum Gasteiger partial charge on any atom is 0.137 e. The lowest BCUT2D eigenvalue weighted by Gasteiger charge is -2.13. The molecule has 0 amide bonds. The fraction of sp³-hybridized carbons (Fsp3) is 0.250. The number of ether oxygens (including phenoxy) is 1. The van der Waals surface area contributed by atoms with E-state index in [9.17, 15) is 4.39 Å². The summed E-state index contributed by atoms with van der Waals surface area (Å²) >= 11 is 3.24.